The number of aromatic nitrogens is 1. The highest BCUT2D eigenvalue weighted by Crippen LogP contribution is 2.32. The number of rotatable bonds is 2. The molecule has 2 heterocycles. The summed E-state index contributed by atoms with van der Waals surface area (Å²) >= 11 is 6.70. The lowest BCUT2D eigenvalue weighted by molar-refractivity contribution is 0.390. The maximum absolute atomic E-state index is 12.4. The number of thiazole rings is 1. The quantitative estimate of drug-likeness (QED) is 0.786. The molecule has 19 heavy (non-hydrogen) atoms. The van der Waals surface area contributed by atoms with E-state index in [1.165, 1.54) is 16.1 Å². The Bertz CT molecular complexity index is 599. The molecule has 0 saturated carbocycles. The molecule has 7 heteroatoms. The Hall–Kier alpha value is -0.430. The summed E-state index contributed by atoms with van der Waals surface area (Å²) in [4.78, 5) is 3.79. The lowest BCUT2D eigenvalue weighted by Gasteiger charge is -2.31. The second-order valence-electron chi connectivity index (χ2n) is 5.52. The molecule has 0 amide bonds. The summed E-state index contributed by atoms with van der Waals surface area (Å²) in [5.74, 6) is 0. The van der Waals surface area contributed by atoms with E-state index in [0.29, 0.717) is 13.1 Å². The van der Waals surface area contributed by atoms with Gasteiger partial charge in [-0.2, -0.15) is 4.31 Å². The molecule has 0 atom stereocenters. The van der Waals surface area contributed by atoms with Crippen LogP contribution in [0.5, 0.6) is 0 Å². The summed E-state index contributed by atoms with van der Waals surface area (Å²) in [7, 11) is -3.45. The fraction of sp³-hybridized carbons (Fsp3) is 0.583. The summed E-state index contributed by atoms with van der Waals surface area (Å²) in [5.41, 5.74) is 1.41. The molecule has 0 unspecified atom stereocenters. The van der Waals surface area contributed by atoms with E-state index in [0.717, 1.165) is 17.8 Å². The number of halogens is 1. The van der Waals surface area contributed by atoms with Gasteiger partial charge in [-0.3, -0.25) is 0 Å². The number of hydrogen-bond donors (Lipinski definition) is 0. The smallest absolute Gasteiger partial charge is 0.232 e. The molecule has 106 valence electrons. The summed E-state index contributed by atoms with van der Waals surface area (Å²) in [6.45, 7) is 7.37. The Labute approximate surface area is 123 Å². The molecule has 4 nitrogen and oxygen atoms in total. The van der Waals surface area contributed by atoms with E-state index in [2.05, 4.69) is 25.8 Å². The van der Waals surface area contributed by atoms with Crippen molar-refractivity contribution in [3.8, 4) is 0 Å². The minimum absolute atomic E-state index is 0.101. The van der Waals surface area contributed by atoms with E-state index in [4.69, 9.17) is 11.6 Å². The first kappa shape index (κ1) is 15.0. The molecule has 0 spiro atoms. The molecule has 2 rings (SSSR count). The number of hydrogen-bond acceptors (Lipinski definition) is 4. The van der Waals surface area contributed by atoms with E-state index >= 15 is 0 Å². The van der Waals surface area contributed by atoms with Crippen molar-refractivity contribution in [2.75, 3.05) is 13.1 Å². The van der Waals surface area contributed by atoms with Gasteiger partial charge in [0.15, 0.2) is 8.68 Å². The van der Waals surface area contributed by atoms with E-state index in [1.807, 2.05) is 6.08 Å². The zero-order chi connectivity index (χ0) is 14.3. The molecule has 1 aliphatic heterocycles. The van der Waals surface area contributed by atoms with Crippen LogP contribution < -0.4 is 0 Å². The van der Waals surface area contributed by atoms with Crippen LogP contribution in [0.25, 0.3) is 0 Å². The van der Waals surface area contributed by atoms with Crippen LogP contribution in [0.1, 0.15) is 27.2 Å². The third-order valence-electron chi connectivity index (χ3n) is 3.19. The topological polar surface area (TPSA) is 50.3 Å². The predicted molar refractivity (Wildman–Crippen MR) is 78.0 cm³/mol. The first-order valence-electron chi connectivity index (χ1n) is 6.02. The summed E-state index contributed by atoms with van der Waals surface area (Å²) in [6.07, 6.45) is 4.12. The van der Waals surface area contributed by atoms with Gasteiger partial charge >= 0.3 is 0 Å². The van der Waals surface area contributed by atoms with E-state index < -0.39 is 10.0 Å². The molecular weight excluding hydrogens is 304 g/mol. The van der Waals surface area contributed by atoms with Crippen LogP contribution in [0.2, 0.25) is 4.47 Å². The minimum atomic E-state index is -3.45. The van der Waals surface area contributed by atoms with Crippen LogP contribution in [0.4, 0.5) is 0 Å². The molecular formula is C12H17ClN2O2S2. The first-order valence-corrected chi connectivity index (χ1v) is 8.66. The van der Waals surface area contributed by atoms with Gasteiger partial charge in [-0.15, -0.1) is 0 Å². The number of sulfonamides is 1. The zero-order valence-corrected chi connectivity index (χ0v) is 13.6. The van der Waals surface area contributed by atoms with E-state index in [-0.39, 0.29) is 14.1 Å². The molecule has 1 aromatic rings. The van der Waals surface area contributed by atoms with Gasteiger partial charge in [0.25, 0.3) is 10.0 Å². The van der Waals surface area contributed by atoms with Gasteiger partial charge in [0.2, 0.25) is 0 Å². The van der Waals surface area contributed by atoms with Gasteiger partial charge in [0.1, 0.15) is 0 Å². The van der Waals surface area contributed by atoms with Crippen molar-refractivity contribution in [2.24, 2.45) is 5.41 Å². The molecule has 0 aliphatic carbocycles. The average Bonchev–Trinajstić information content (AvgIpc) is 2.76. The summed E-state index contributed by atoms with van der Waals surface area (Å²) in [5, 5.41) is 0. The zero-order valence-electron chi connectivity index (χ0n) is 11.2. The van der Waals surface area contributed by atoms with Crippen molar-refractivity contribution in [3.63, 3.8) is 0 Å². The van der Waals surface area contributed by atoms with Crippen molar-refractivity contribution in [2.45, 2.75) is 31.4 Å². The maximum Gasteiger partial charge on any atom is 0.254 e. The SMILES string of the molecule is CC(C)(C)C1=CCN(S(=O)(=O)c2cnc(Cl)s2)CC1. The summed E-state index contributed by atoms with van der Waals surface area (Å²) < 4.78 is 26.7. The van der Waals surface area contributed by atoms with Crippen LogP contribution in [0.3, 0.4) is 0 Å². The monoisotopic (exact) mass is 320 g/mol. The highest BCUT2D eigenvalue weighted by molar-refractivity contribution is 7.91. The largest absolute Gasteiger partial charge is 0.254 e. The number of nitrogens with zero attached hydrogens (tertiary/aromatic N) is 2. The third kappa shape index (κ3) is 3.18. The molecule has 0 fully saturated rings. The Kier molecular flexibility index (Phi) is 4.07. The van der Waals surface area contributed by atoms with Crippen LogP contribution in [-0.2, 0) is 10.0 Å². The van der Waals surface area contributed by atoms with Crippen LogP contribution in [0, 0.1) is 5.41 Å². The van der Waals surface area contributed by atoms with Gasteiger partial charge in [0.05, 0.1) is 6.20 Å². The van der Waals surface area contributed by atoms with Crippen molar-refractivity contribution in [1.82, 2.24) is 9.29 Å². The van der Waals surface area contributed by atoms with Crippen LogP contribution >= 0.6 is 22.9 Å². The normalized spacial score (nSPS) is 18.4. The van der Waals surface area contributed by atoms with Crippen LogP contribution in [0.15, 0.2) is 22.1 Å². The highest BCUT2D eigenvalue weighted by Gasteiger charge is 2.30. The third-order valence-corrected chi connectivity index (χ3v) is 6.60. The van der Waals surface area contributed by atoms with Crippen molar-refractivity contribution in [3.05, 3.63) is 22.3 Å². The van der Waals surface area contributed by atoms with E-state index in [1.54, 1.807) is 0 Å². The molecule has 0 radical (unpaired) electrons. The standard InChI is InChI=1S/C12H17ClN2O2S2/c1-12(2,3)9-4-6-15(7-5-9)19(16,17)10-8-14-11(13)18-10/h4,8H,5-7H2,1-3H3. The minimum Gasteiger partial charge on any atom is -0.232 e. The molecule has 0 saturated heterocycles. The van der Waals surface area contributed by atoms with Crippen molar-refractivity contribution < 1.29 is 8.42 Å². The lowest BCUT2D eigenvalue weighted by atomic mass is 9.83. The van der Waals surface area contributed by atoms with Crippen molar-refractivity contribution >= 4 is 33.0 Å². The summed E-state index contributed by atoms with van der Waals surface area (Å²) in [6, 6.07) is 0. The van der Waals surface area contributed by atoms with Gasteiger partial charge in [-0.05, 0) is 11.8 Å². The van der Waals surface area contributed by atoms with Crippen molar-refractivity contribution in [1.29, 1.82) is 0 Å². The highest BCUT2D eigenvalue weighted by atomic mass is 35.5. The van der Waals surface area contributed by atoms with Gasteiger partial charge in [-0.25, -0.2) is 13.4 Å². The Morgan fingerprint density at radius 2 is 2.11 bits per heavy atom. The molecule has 0 N–H and O–H groups in total. The molecule has 1 aromatic heterocycles. The van der Waals surface area contributed by atoms with Gasteiger partial charge in [0, 0.05) is 13.1 Å². The second-order valence-corrected chi connectivity index (χ2v) is 9.30. The Balaban J connectivity index is 2.20. The predicted octanol–water partition coefficient (Wildman–Crippen LogP) is 3.16. The van der Waals surface area contributed by atoms with E-state index in [9.17, 15) is 8.42 Å². The lowest BCUT2D eigenvalue weighted by Crippen LogP contribution is -2.36. The van der Waals surface area contributed by atoms with Gasteiger partial charge < -0.3 is 0 Å². The Morgan fingerprint density at radius 3 is 2.53 bits per heavy atom. The molecule has 1 aliphatic rings. The first-order chi connectivity index (χ1) is 8.71. The molecule has 0 bridgehead atoms. The van der Waals surface area contributed by atoms with Gasteiger partial charge in [-0.1, -0.05) is 55.4 Å². The fourth-order valence-electron chi connectivity index (χ4n) is 2.04. The maximum atomic E-state index is 12.4. The van der Waals surface area contributed by atoms with Crippen LogP contribution in [-0.4, -0.2) is 30.8 Å². The fourth-order valence-corrected chi connectivity index (χ4v) is 4.86. The second kappa shape index (κ2) is 5.16. The Morgan fingerprint density at radius 1 is 1.42 bits per heavy atom. The molecule has 0 aromatic carbocycles. The average molecular weight is 321 g/mol.